The summed E-state index contributed by atoms with van der Waals surface area (Å²) in [5, 5.41) is 5.57. The minimum Gasteiger partial charge on any atom is -0.368 e. The van der Waals surface area contributed by atoms with Gasteiger partial charge in [0.05, 0.1) is 6.54 Å². The van der Waals surface area contributed by atoms with Gasteiger partial charge in [-0.2, -0.15) is 0 Å². The number of nitrogens with one attached hydrogen (secondary N) is 1. The predicted octanol–water partition coefficient (Wildman–Crippen LogP) is 2.65. The summed E-state index contributed by atoms with van der Waals surface area (Å²) in [6.45, 7) is 4.91. The maximum Gasteiger partial charge on any atom is 0.194 e. The van der Waals surface area contributed by atoms with Crippen LogP contribution in [0.5, 0.6) is 0 Å². The molecule has 1 aliphatic rings. The van der Waals surface area contributed by atoms with E-state index in [0.29, 0.717) is 0 Å². The number of para-hydroxylation sites is 1. The van der Waals surface area contributed by atoms with Crippen LogP contribution in [0.15, 0.2) is 52.8 Å². The minimum absolute atomic E-state index is 0.850. The normalized spacial score (nSPS) is 16.0. The van der Waals surface area contributed by atoms with Crippen LogP contribution >= 0.6 is 11.3 Å². The van der Waals surface area contributed by atoms with Gasteiger partial charge in [0.2, 0.25) is 0 Å². The number of piperazine rings is 1. The molecule has 0 radical (unpaired) electrons. The molecule has 0 amide bonds. The second-order valence-electron chi connectivity index (χ2n) is 5.29. The van der Waals surface area contributed by atoms with Gasteiger partial charge in [0.15, 0.2) is 5.96 Å². The first kappa shape index (κ1) is 14.9. The second-order valence-corrected chi connectivity index (χ2v) is 6.32. The number of aliphatic imine (C=N–C) groups is 1. The van der Waals surface area contributed by atoms with E-state index in [1.165, 1.54) is 10.6 Å². The molecule has 0 saturated carbocycles. The third kappa shape index (κ3) is 3.60. The van der Waals surface area contributed by atoms with Crippen molar-refractivity contribution in [1.29, 1.82) is 0 Å². The molecule has 0 aliphatic carbocycles. The molecule has 2 heterocycles. The van der Waals surface area contributed by atoms with E-state index >= 15 is 0 Å². The third-order valence-electron chi connectivity index (χ3n) is 3.91. The minimum atomic E-state index is 0.850. The van der Waals surface area contributed by atoms with E-state index in [2.05, 4.69) is 68.0 Å². The lowest BCUT2D eigenvalue weighted by atomic mass is 10.2. The van der Waals surface area contributed by atoms with Gasteiger partial charge in [-0.25, -0.2) is 0 Å². The highest BCUT2D eigenvalue weighted by Gasteiger charge is 2.19. The van der Waals surface area contributed by atoms with Gasteiger partial charge in [-0.3, -0.25) is 4.99 Å². The Bertz CT molecular complexity index is 586. The molecular formula is C17H22N4S. The number of nitrogens with zero attached hydrogens (tertiary/aromatic N) is 3. The third-order valence-corrected chi connectivity index (χ3v) is 4.79. The van der Waals surface area contributed by atoms with Crippen molar-refractivity contribution in [3.8, 4) is 0 Å². The van der Waals surface area contributed by atoms with E-state index in [4.69, 9.17) is 0 Å². The molecule has 1 N–H and O–H groups in total. The fourth-order valence-electron chi connectivity index (χ4n) is 2.73. The van der Waals surface area contributed by atoms with Gasteiger partial charge in [0.25, 0.3) is 0 Å². The number of rotatable bonds is 3. The largest absolute Gasteiger partial charge is 0.368 e. The van der Waals surface area contributed by atoms with E-state index in [0.717, 1.165) is 38.7 Å². The molecule has 1 fully saturated rings. The molecule has 22 heavy (non-hydrogen) atoms. The first-order chi connectivity index (χ1) is 10.9. The zero-order chi connectivity index (χ0) is 15.2. The summed E-state index contributed by atoms with van der Waals surface area (Å²) in [6, 6.07) is 14.9. The lowest BCUT2D eigenvalue weighted by Crippen LogP contribution is -2.52. The first-order valence-electron chi connectivity index (χ1n) is 7.65. The quantitative estimate of drug-likeness (QED) is 0.698. The topological polar surface area (TPSA) is 30.9 Å². The van der Waals surface area contributed by atoms with E-state index in [1.54, 1.807) is 11.3 Å². The van der Waals surface area contributed by atoms with Crippen molar-refractivity contribution in [1.82, 2.24) is 10.2 Å². The highest BCUT2D eigenvalue weighted by atomic mass is 32.1. The zero-order valence-electron chi connectivity index (χ0n) is 12.9. The molecule has 4 nitrogen and oxygen atoms in total. The average molecular weight is 314 g/mol. The summed E-state index contributed by atoms with van der Waals surface area (Å²) < 4.78 is 0. The smallest absolute Gasteiger partial charge is 0.194 e. The van der Waals surface area contributed by atoms with Crippen molar-refractivity contribution in [2.75, 3.05) is 38.1 Å². The Labute approximate surface area is 136 Å². The summed E-state index contributed by atoms with van der Waals surface area (Å²) in [7, 11) is 1.86. The van der Waals surface area contributed by atoms with Crippen LogP contribution in [0, 0.1) is 0 Å². The van der Waals surface area contributed by atoms with Crippen molar-refractivity contribution in [3.63, 3.8) is 0 Å². The van der Waals surface area contributed by atoms with Crippen molar-refractivity contribution >= 4 is 23.0 Å². The maximum absolute atomic E-state index is 4.43. The molecule has 1 aromatic carbocycles. The molecule has 2 aromatic rings. The van der Waals surface area contributed by atoms with Gasteiger partial charge in [-0.15, -0.1) is 11.3 Å². The van der Waals surface area contributed by atoms with Crippen LogP contribution in [-0.4, -0.2) is 44.1 Å². The van der Waals surface area contributed by atoms with Crippen molar-refractivity contribution < 1.29 is 0 Å². The Morgan fingerprint density at radius 3 is 2.50 bits per heavy atom. The van der Waals surface area contributed by atoms with Gasteiger partial charge in [0, 0.05) is 43.8 Å². The number of hydrogen-bond donors (Lipinski definition) is 1. The molecule has 5 heteroatoms. The molecule has 0 spiro atoms. The fourth-order valence-corrected chi connectivity index (χ4v) is 3.37. The van der Waals surface area contributed by atoms with Gasteiger partial charge >= 0.3 is 0 Å². The second kappa shape index (κ2) is 7.31. The van der Waals surface area contributed by atoms with Gasteiger partial charge in [0.1, 0.15) is 0 Å². The molecule has 0 bridgehead atoms. The number of guanidine groups is 1. The van der Waals surface area contributed by atoms with Gasteiger partial charge in [-0.05, 0) is 23.6 Å². The van der Waals surface area contributed by atoms with E-state index in [1.807, 2.05) is 7.05 Å². The SMILES string of the molecule is CN=C(NCc1cccs1)N1CCN(c2ccccc2)CC1. The van der Waals surface area contributed by atoms with Crippen LogP contribution in [0.1, 0.15) is 4.88 Å². The molecule has 1 aromatic heterocycles. The van der Waals surface area contributed by atoms with Gasteiger partial charge in [-0.1, -0.05) is 24.3 Å². The van der Waals surface area contributed by atoms with Crippen LogP contribution in [-0.2, 0) is 6.54 Å². The lowest BCUT2D eigenvalue weighted by Gasteiger charge is -2.37. The number of hydrogen-bond acceptors (Lipinski definition) is 3. The van der Waals surface area contributed by atoms with Crippen LogP contribution in [0.25, 0.3) is 0 Å². The average Bonchev–Trinajstić information content (AvgIpc) is 3.10. The Kier molecular flexibility index (Phi) is 4.96. The Balaban J connectivity index is 1.53. The molecule has 0 atom stereocenters. The number of benzene rings is 1. The Hall–Kier alpha value is -2.01. The van der Waals surface area contributed by atoms with Crippen molar-refractivity contribution in [3.05, 3.63) is 52.7 Å². The molecule has 3 rings (SSSR count). The lowest BCUT2D eigenvalue weighted by molar-refractivity contribution is 0.372. The molecule has 0 unspecified atom stereocenters. The van der Waals surface area contributed by atoms with E-state index < -0.39 is 0 Å². The fraction of sp³-hybridized carbons (Fsp3) is 0.353. The van der Waals surface area contributed by atoms with Crippen LogP contribution in [0.4, 0.5) is 5.69 Å². The molecule has 1 aliphatic heterocycles. The highest BCUT2D eigenvalue weighted by Crippen LogP contribution is 2.15. The zero-order valence-corrected chi connectivity index (χ0v) is 13.7. The van der Waals surface area contributed by atoms with Crippen LogP contribution < -0.4 is 10.2 Å². The summed E-state index contributed by atoms with van der Waals surface area (Å²) in [6.07, 6.45) is 0. The standard InChI is InChI=1S/C17H22N4S/c1-18-17(19-14-16-8-5-13-22-16)21-11-9-20(10-12-21)15-6-3-2-4-7-15/h2-8,13H,9-12,14H2,1H3,(H,18,19). The highest BCUT2D eigenvalue weighted by molar-refractivity contribution is 7.09. The van der Waals surface area contributed by atoms with Gasteiger partial charge < -0.3 is 15.1 Å². The molecule has 1 saturated heterocycles. The summed E-state index contributed by atoms with van der Waals surface area (Å²) in [5.41, 5.74) is 1.31. The maximum atomic E-state index is 4.43. The summed E-state index contributed by atoms with van der Waals surface area (Å²) >= 11 is 1.78. The Morgan fingerprint density at radius 2 is 1.86 bits per heavy atom. The first-order valence-corrected chi connectivity index (χ1v) is 8.53. The monoisotopic (exact) mass is 314 g/mol. The van der Waals surface area contributed by atoms with Crippen LogP contribution in [0.2, 0.25) is 0 Å². The van der Waals surface area contributed by atoms with Crippen molar-refractivity contribution in [2.24, 2.45) is 4.99 Å². The van der Waals surface area contributed by atoms with Crippen LogP contribution in [0.3, 0.4) is 0 Å². The van der Waals surface area contributed by atoms with E-state index in [9.17, 15) is 0 Å². The molecular weight excluding hydrogens is 292 g/mol. The van der Waals surface area contributed by atoms with E-state index in [-0.39, 0.29) is 0 Å². The number of anilines is 1. The van der Waals surface area contributed by atoms with Crippen molar-refractivity contribution in [2.45, 2.75) is 6.54 Å². The Morgan fingerprint density at radius 1 is 1.09 bits per heavy atom. The number of thiophene rings is 1. The molecule has 116 valence electrons. The predicted molar refractivity (Wildman–Crippen MR) is 94.7 cm³/mol. The summed E-state index contributed by atoms with van der Waals surface area (Å²) in [5.74, 6) is 1.00. The summed E-state index contributed by atoms with van der Waals surface area (Å²) in [4.78, 5) is 10.5.